The van der Waals surface area contributed by atoms with Crippen LogP contribution in [-0.4, -0.2) is 0 Å². The second kappa shape index (κ2) is 7.08. The van der Waals surface area contributed by atoms with Gasteiger partial charge >= 0.3 is 0 Å². The van der Waals surface area contributed by atoms with Gasteiger partial charge in [0, 0.05) is 5.88 Å². The number of rotatable bonds is 1. The summed E-state index contributed by atoms with van der Waals surface area (Å²) in [7, 11) is 0. The second-order valence-electron chi connectivity index (χ2n) is 3.27. The standard InChI is InChI=1S/C7H7Cl.C7H8/c8-6-7-4-2-1-3-5-7;1-7-5-3-2-4-6-7/h1-5H,6H2;2-6H,1H3. The Labute approximate surface area is 96.5 Å². The van der Waals surface area contributed by atoms with Crippen molar-refractivity contribution in [1.29, 1.82) is 0 Å². The largest absolute Gasteiger partial charge is 0.122 e. The lowest BCUT2D eigenvalue weighted by Gasteiger charge is -1.88. The molecule has 0 aliphatic carbocycles. The van der Waals surface area contributed by atoms with Crippen LogP contribution in [0.25, 0.3) is 0 Å². The first-order valence-electron chi connectivity index (χ1n) is 4.94. The normalized spacial score (nSPS) is 8.93. The quantitative estimate of drug-likeness (QED) is 0.622. The van der Waals surface area contributed by atoms with Gasteiger partial charge in [0.15, 0.2) is 0 Å². The van der Waals surface area contributed by atoms with Crippen LogP contribution in [0.3, 0.4) is 0 Å². The number of benzene rings is 2. The van der Waals surface area contributed by atoms with Crippen molar-refractivity contribution in [1.82, 2.24) is 0 Å². The Morgan fingerprint density at radius 2 is 1.27 bits per heavy atom. The Kier molecular flexibility index (Phi) is 5.57. The molecule has 0 amide bonds. The van der Waals surface area contributed by atoms with Crippen LogP contribution in [-0.2, 0) is 5.88 Å². The summed E-state index contributed by atoms with van der Waals surface area (Å²) in [5.74, 6) is 0.612. The van der Waals surface area contributed by atoms with Crippen LogP contribution >= 0.6 is 11.6 Å². The second-order valence-corrected chi connectivity index (χ2v) is 3.54. The zero-order chi connectivity index (χ0) is 10.9. The Bertz CT molecular complexity index is 354. The molecule has 2 rings (SSSR count). The molecule has 2 aromatic rings. The van der Waals surface area contributed by atoms with E-state index in [1.165, 1.54) is 11.1 Å². The van der Waals surface area contributed by atoms with Crippen molar-refractivity contribution in [3.63, 3.8) is 0 Å². The molecular formula is C14H15Cl. The highest BCUT2D eigenvalue weighted by Crippen LogP contribution is 2.00. The Morgan fingerprint density at radius 3 is 1.53 bits per heavy atom. The summed E-state index contributed by atoms with van der Waals surface area (Å²) in [4.78, 5) is 0. The fraction of sp³-hybridized carbons (Fsp3) is 0.143. The van der Waals surface area contributed by atoms with Crippen LogP contribution in [0.5, 0.6) is 0 Å². The molecule has 2 aromatic carbocycles. The van der Waals surface area contributed by atoms with Crippen molar-refractivity contribution in [2.75, 3.05) is 0 Å². The lowest BCUT2D eigenvalue weighted by molar-refractivity contribution is 1.41. The summed E-state index contributed by atoms with van der Waals surface area (Å²) in [5, 5.41) is 0. The van der Waals surface area contributed by atoms with E-state index < -0.39 is 0 Å². The summed E-state index contributed by atoms with van der Waals surface area (Å²) in [6.07, 6.45) is 0. The first-order chi connectivity index (χ1) is 7.33. The molecule has 1 heteroatoms. The minimum atomic E-state index is 0.612. The van der Waals surface area contributed by atoms with Crippen molar-refractivity contribution in [2.24, 2.45) is 0 Å². The van der Waals surface area contributed by atoms with Gasteiger partial charge in [-0.25, -0.2) is 0 Å². The molecule has 0 aliphatic rings. The van der Waals surface area contributed by atoms with Crippen LogP contribution in [0.4, 0.5) is 0 Å². The number of hydrogen-bond acceptors (Lipinski definition) is 0. The molecule has 0 atom stereocenters. The Morgan fingerprint density at radius 1 is 0.800 bits per heavy atom. The lowest BCUT2D eigenvalue weighted by atomic mass is 10.2. The van der Waals surface area contributed by atoms with Crippen molar-refractivity contribution in [3.05, 3.63) is 71.8 Å². The van der Waals surface area contributed by atoms with E-state index in [9.17, 15) is 0 Å². The Hall–Kier alpha value is -1.27. The Balaban J connectivity index is 0.000000151. The topological polar surface area (TPSA) is 0 Å². The molecule has 0 fully saturated rings. The molecule has 0 saturated carbocycles. The first kappa shape index (κ1) is 11.8. The van der Waals surface area contributed by atoms with Gasteiger partial charge < -0.3 is 0 Å². The highest BCUT2D eigenvalue weighted by molar-refractivity contribution is 6.17. The molecule has 0 bridgehead atoms. The molecule has 0 N–H and O–H groups in total. The maximum Gasteiger partial charge on any atom is 0.0474 e. The average Bonchev–Trinajstić information content (AvgIpc) is 2.32. The fourth-order valence-corrected chi connectivity index (χ4v) is 1.28. The highest BCUT2D eigenvalue weighted by Gasteiger charge is 1.81. The number of alkyl halides is 1. The van der Waals surface area contributed by atoms with Gasteiger partial charge in [0.25, 0.3) is 0 Å². The van der Waals surface area contributed by atoms with Crippen LogP contribution < -0.4 is 0 Å². The highest BCUT2D eigenvalue weighted by atomic mass is 35.5. The van der Waals surface area contributed by atoms with Gasteiger partial charge in [0.05, 0.1) is 0 Å². The predicted octanol–water partition coefficient (Wildman–Crippen LogP) is 4.42. The summed E-state index contributed by atoms with van der Waals surface area (Å²) in [6.45, 7) is 2.08. The molecule has 0 radical (unpaired) electrons. The van der Waals surface area contributed by atoms with Crippen molar-refractivity contribution in [3.8, 4) is 0 Å². The molecule has 0 saturated heterocycles. The lowest BCUT2D eigenvalue weighted by Crippen LogP contribution is -1.71. The van der Waals surface area contributed by atoms with E-state index in [1.54, 1.807) is 0 Å². The third-order valence-electron chi connectivity index (χ3n) is 1.94. The van der Waals surface area contributed by atoms with E-state index in [-0.39, 0.29) is 0 Å². The third kappa shape index (κ3) is 5.24. The van der Waals surface area contributed by atoms with Crippen LogP contribution in [0.15, 0.2) is 60.7 Å². The fourth-order valence-electron chi connectivity index (χ4n) is 1.10. The maximum atomic E-state index is 5.53. The predicted molar refractivity (Wildman–Crippen MR) is 67.2 cm³/mol. The van der Waals surface area contributed by atoms with Gasteiger partial charge in [-0.2, -0.15) is 0 Å². The van der Waals surface area contributed by atoms with Gasteiger partial charge in [-0.05, 0) is 12.5 Å². The van der Waals surface area contributed by atoms with Gasteiger partial charge in [-0.1, -0.05) is 66.2 Å². The summed E-state index contributed by atoms with van der Waals surface area (Å²) in [5.41, 5.74) is 2.50. The molecule has 15 heavy (non-hydrogen) atoms. The van der Waals surface area contributed by atoms with E-state index in [2.05, 4.69) is 19.1 Å². The molecule has 0 aromatic heterocycles. The molecule has 0 unspecified atom stereocenters. The molecule has 0 aliphatic heterocycles. The zero-order valence-corrected chi connectivity index (χ0v) is 9.61. The van der Waals surface area contributed by atoms with Crippen molar-refractivity contribution < 1.29 is 0 Å². The van der Waals surface area contributed by atoms with Crippen LogP contribution in [0, 0.1) is 6.92 Å². The van der Waals surface area contributed by atoms with E-state index >= 15 is 0 Å². The van der Waals surface area contributed by atoms with Gasteiger partial charge in [-0.3, -0.25) is 0 Å². The van der Waals surface area contributed by atoms with Crippen LogP contribution in [0.2, 0.25) is 0 Å². The molecular weight excluding hydrogens is 204 g/mol. The first-order valence-corrected chi connectivity index (χ1v) is 5.48. The van der Waals surface area contributed by atoms with Crippen molar-refractivity contribution in [2.45, 2.75) is 12.8 Å². The molecule has 78 valence electrons. The number of halogens is 1. The zero-order valence-electron chi connectivity index (χ0n) is 8.86. The number of hydrogen-bond donors (Lipinski definition) is 0. The molecule has 0 nitrogen and oxygen atoms in total. The van der Waals surface area contributed by atoms with Crippen molar-refractivity contribution >= 4 is 11.6 Å². The minimum Gasteiger partial charge on any atom is -0.122 e. The van der Waals surface area contributed by atoms with E-state index in [1.807, 2.05) is 48.5 Å². The smallest absolute Gasteiger partial charge is 0.0474 e. The van der Waals surface area contributed by atoms with E-state index in [4.69, 9.17) is 11.6 Å². The van der Waals surface area contributed by atoms with E-state index in [0.717, 1.165) is 0 Å². The maximum absolute atomic E-state index is 5.53. The molecule has 0 spiro atoms. The summed E-state index contributed by atoms with van der Waals surface area (Å²) < 4.78 is 0. The summed E-state index contributed by atoms with van der Waals surface area (Å²) in [6, 6.07) is 20.2. The van der Waals surface area contributed by atoms with E-state index in [0.29, 0.717) is 5.88 Å². The average molecular weight is 219 g/mol. The minimum absolute atomic E-state index is 0.612. The SMILES string of the molecule is Cc1ccccc1.ClCc1ccccc1. The van der Waals surface area contributed by atoms with Crippen LogP contribution in [0.1, 0.15) is 11.1 Å². The monoisotopic (exact) mass is 218 g/mol. The molecule has 0 heterocycles. The summed E-state index contributed by atoms with van der Waals surface area (Å²) >= 11 is 5.53. The third-order valence-corrected chi connectivity index (χ3v) is 2.25. The number of aryl methyl sites for hydroxylation is 1. The van der Waals surface area contributed by atoms with Gasteiger partial charge in [0.2, 0.25) is 0 Å². The van der Waals surface area contributed by atoms with Gasteiger partial charge in [0.1, 0.15) is 0 Å². The van der Waals surface area contributed by atoms with Gasteiger partial charge in [-0.15, -0.1) is 11.6 Å².